The molecule has 10 heteroatoms. The summed E-state index contributed by atoms with van der Waals surface area (Å²) in [4.78, 5) is 36.2. The highest BCUT2D eigenvalue weighted by Crippen LogP contribution is 2.28. The highest BCUT2D eigenvalue weighted by molar-refractivity contribution is 7.12. The number of benzene rings is 1. The van der Waals surface area contributed by atoms with Gasteiger partial charge in [0.05, 0.1) is 4.88 Å². The molecule has 172 valence electrons. The number of carbonyl (C=O) groups is 2. The lowest BCUT2D eigenvalue weighted by Crippen LogP contribution is -2.40. The molecule has 1 aromatic carbocycles. The summed E-state index contributed by atoms with van der Waals surface area (Å²) < 4.78 is 5.47. The molecule has 4 aromatic rings. The fourth-order valence-electron chi connectivity index (χ4n) is 3.81. The van der Waals surface area contributed by atoms with Gasteiger partial charge in [-0.2, -0.15) is 4.98 Å². The maximum atomic E-state index is 12.8. The molecule has 0 spiro atoms. The third-order valence-corrected chi connectivity index (χ3v) is 6.45. The Morgan fingerprint density at radius 1 is 1.00 bits per heavy atom. The number of hydrogen-bond donors (Lipinski definition) is 2. The third-order valence-electron chi connectivity index (χ3n) is 5.58. The van der Waals surface area contributed by atoms with E-state index in [4.69, 9.17) is 4.52 Å². The summed E-state index contributed by atoms with van der Waals surface area (Å²) in [5.41, 5.74) is 1.91. The summed E-state index contributed by atoms with van der Waals surface area (Å²) in [7, 11) is 0. The largest absolute Gasteiger partial charge is 0.339 e. The van der Waals surface area contributed by atoms with Crippen LogP contribution in [-0.2, 0) is 0 Å². The van der Waals surface area contributed by atoms with Crippen molar-refractivity contribution in [3.8, 4) is 11.5 Å². The highest BCUT2D eigenvalue weighted by Gasteiger charge is 2.28. The second kappa shape index (κ2) is 9.84. The molecule has 3 aromatic heterocycles. The number of thiophene rings is 1. The van der Waals surface area contributed by atoms with Crippen LogP contribution in [0.1, 0.15) is 34.3 Å². The molecular weight excluding hydrogens is 452 g/mol. The van der Waals surface area contributed by atoms with Gasteiger partial charge in [-0.15, -0.1) is 11.3 Å². The summed E-state index contributed by atoms with van der Waals surface area (Å²) in [6, 6.07) is 16.1. The zero-order chi connectivity index (χ0) is 23.3. The first-order valence-electron chi connectivity index (χ1n) is 10.9. The second-order valence-electron chi connectivity index (χ2n) is 7.87. The molecule has 34 heavy (non-hydrogen) atoms. The van der Waals surface area contributed by atoms with E-state index in [1.54, 1.807) is 41.4 Å². The number of nitrogens with one attached hydrogen (secondary N) is 2. The first kappa shape index (κ1) is 21.8. The fraction of sp³-hybridized carbons (Fsp3) is 0.208. The predicted molar refractivity (Wildman–Crippen MR) is 129 cm³/mol. The highest BCUT2D eigenvalue weighted by atomic mass is 32.1. The summed E-state index contributed by atoms with van der Waals surface area (Å²) in [5, 5.41) is 11.7. The number of likely N-dealkylation sites (tertiary alicyclic amines) is 1. The van der Waals surface area contributed by atoms with Gasteiger partial charge >= 0.3 is 6.03 Å². The summed E-state index contributed by atoms with van der Waals surface area (Å²) in [6.07, 6.45) is 3.15. The number of anilines is 2. The molecule has 4 heterocycles. The molecule has 3 amide bonds. The molecule has 0 aliphatic carbocycles. The number of hydrogen-bond acceptors (Lipinski definition) is 7. The smallest absolute Gasteiger partial charge is 0.321 e. The van der Waals surface area contributed by atoms with Crippen molar-refractivity contribution in [2.75, 3.05) is 23.7 Å². The topological polar surface area (TPSA) is 113 Å². The molecule has 1 aliphatic heterocycles. The van der Waals surface area contributed by atoms with E-state index in [0.717, 1.165) is 12.8 Å². The minimum absolute atomic E-state index is 0.102. The van der Waals surface area contributed by atoms with Crippen LogP contribution in [0.15, 0.2) is 70.7 Å². The standard InChI is InChI=1S/C24H22N6O3S/c31-22(20-8-4-14-34-20)26-17-5-3-6-18(15-17)27-24(32)30-12-9-16(10-13-30)23-28-21(29-33-23)19-7-1-2-11-25-19/h1-8,11,14-16H,9-10,12-13H2,(H,26,31)(H,27,32). The second-order valence-corrected chi connectivity index (χ2v) is 8.82. The van der Waals surface area contributed by atoms with Gasteiger partial charge in [0.1, 0.15) is 5.69 Å². The number of piperidine rings is 1. The number of rotatable bonds is 5. The molecule has 0 unspecified atom stereocenters. The third kappa shape index (κ3) is 4.96. The van der Waals surface area contributed by atoms with E-state index in [1.165, 1.54) is 11.3 Å². The number of carbonyl (C=O) groups excluding carboxylic acids is 2. The Balaban J connectivity index is 1.15. The van der Waals surface area contributed by atoms with Gasteiger partial charge in [-0.1, -0.05) is 23.4 Å². The lowest BCUT2D eigenvalue weighted by atomic mass is 9.97. The molecule has 0 radical (unpaired) electrons. The van der Waals surface area contributed by atoms with E-state index in [0.29, 0.717) is 46.8 Å². The van der Waals surface area contributed by atoms with Crippen LogP contribution in [0.5, 0.6) is 0 Å². The minimum atomic E-state index is -0.181. The average Bonchev–Trinajstić information content (AvgIpc) is 3.58. The van der Waals surface area contributed by atoms with Crippen LogP contribution >= 0.6 is 11.3 Å². The molecular formula is C24H22N6O3S. The molecule has 9 nitrogen and oxygen atoms in total. The zero-order valence-corrected chi connectivity index (χ0v) is 19.0. The molecule has 0 bridgehead atoms. The van der Waals surface area contributed by atoms with E-state index in [2.05, 4.69) is 25.8 Å². The number of nitrogens with zero attached hydrogens (tertiary/aromatic N) is 4. The van der Waals surface area contributed by atoms with E-state index in [-0.39, 0.29) is 17.9 Å². The normalized spacial score (nSPS) is 14.1. The number of urea groups is 1. The van der Waals surface area contributed by atoms with Crippen molar-refractivity contribution in [3.05, 3.63) is 76.9 Å². The summed E-state index contributed by atoms with van der Waals surface area (Å²) in [6.45, 7) is 1.15. The van der Waals surface area contributed by atoms with Crippen LogP contribution in [0.25, 0.3) is 11.5 Å². The zero-order valence-electron chi connectivity index (χ0n) is 18.2. The van der Waals surface area contributed by atoms with E-state index >= 15 is 0 Å². The number of amides is 3. The van der Waals surface area contributed by atoms with Gasteiger partial charge < -0.3 is 20.1 Å². The Morgan fingerprint density at radius 3 is 2.56 bits per heavy atom. The maximum Gasteiger partial charge on any atom is 0.321 e. The van der Waals surface area contributed by atoms with E-state index < -0.39 is 0 Å². The van der Waals surface area contributed by atoms with Crippen molar-refractivity contribution in [1.82, 2.24) is 20.0 Å². The Labute approximate surface area is 199 Å². The van der Waals surface area contributed by atoms with Crippen molar-refractivity contribution in [3.63, 3.8) is 0 Å². The van der Waals surface area contributed by atoms with Crippen LogP contribution in [-0.4, -0.2) is 45.1 Å². The van der Waals surface area contributed by atoms with Gasteiger partial charge in [0.25, 0.3) is 5.91 Å². The Morgan fingerprint density at radius 2 is 1.82 bits per heavy atom. The molecule has 0 saturated carbocycles. The number of aromatic nitrogens is 3. The van der Waals surface area contributed by atoms with Gasteiger partial charge in [0, 0.05) is 36.6 Å². The van der Waals surface area contributed by atoms with Crippen LogP contribution < -0.4 is 10.6 Å². The Hall–Kier alpha value is -4.05. The van der Waals surface area contributed by atoms with E-state index in [1.807, 2.05) is 29.6 Å². The monoisotopic (exact) mass is 474 g/mol. The van der Waals surface area contributed by atoms with Crippen LogP contribution in [0, 0.1) is 0 Å². The van der Waals surface area contributed by atoms with Crippen molar-refractivity contribution >= 4 is 34.6 Å². The lowest BCUT2D eigenvalue weighted by Gasteiger charge is -2.30. The molecule has 5 rings (SSSR count). The fourth-order valence-corrected chi connectivity index (χ4v) is 4.43. The number of pyridine rings is 1. The Bertz CT molecular complexity index is 1270. The van der Waals surface area contributed by atoms with Gasteiger partial charge in [-0.05, 0) is 54.6 Å². The quantitative estimate of drug-likeness (QED) is 0.427. The van der Waals surface area contributed by atoms with Gasteiger partial charge in [-0.3, -0.25) is 9.78 Å². The molecule has 1 saturated heterocycles. The first-order valence-corrected chi connectivity index (χ1v) is 11.8. The van der Waals surface area contributed by atoms with Crippen LogP contribution in [0.4, 0.5) is 16.2 Å². The first-order chi connectivity index (χ1) is 16.7. The van der Waals surface area contributed by atoms with Crippen molar-refractivity contribution in [2.24, 2.45) is 0 Å². The minimum Gasteiger partial charge on any atom is -0.339 e. The van der Waals surface area contributed by atoms with Crippen molar-refractivity contribution in [2.45, 2.75) is 18.8 Å². The SMILES string of the molecule is O=C(Nc1cccc(NC(=O)N2CCC(c3nc(-c4ccccn4)no3)CC2)c1)c1cccs1. The summed E-state index contributed by atoms with van der Waals surface area (Å²) in [5.74, 6) is 0.981. The van der Waals surface area contributed by atoms with Crippen molar-refractivity contribution < 1.29 is 14.1 Å². The van der Waals surface area contributed by atoms with Gasteiger partial charge in [-0.25, -0.2) is 4.79 Å². The lowest BCUT2D eigenvalue weighted by molar-refractivity contribution is 0.103. The maximum absolute atomic E-state index is 12.8. The average molecular weight is 475 g/mol. The predicted octanol–water partition coefficient (Wildman–Crippen LogP) is 4.86. The van der Waals surface area contributed by atoms with Crippen LogP contribution in [0.3, 0.4) is 0 Å². The Kier molecular flexibility index (Phi) is 6.30. The van der Waals surface area contributed by atoms with Crippen LogP contribution in [0.2, 0.25) is 0 Å². The molecule has 0 atom stereocenters. The van der Waals surface area contributed by atoms with Gasteiger partial charge in [0.2, 0.25) is 11.7 Å². The molecule has 1 fully saturated rings. The summed E-state index contributed by atoms with van der Waals surface area (Å²) >= 11 is 1.38. The van der Waals surface area contributed by atoms with Gasteiger partial charge in [0.15, 0.2) is 0 Å². The molecule has 1 aliphatic rings. The van der Waals surface area contributed by atoms with E-state index in [9.17, 15) is 9.59 Å². The van der Waals surface area contributed by atoms with Crippen molar-refractivity contribution in [1.29, 1.82) is 0 Å². The molecule has 2 N–H and O–H groups in total.